The first-order chi connectivity index (χ1) is 7.40. The van der Waals surface area contributed by atoms with Crippen LogP contribution >= 0.6 is 0 Å². The molecule has 5 nitrogen and oxygen atoms in total. The SMILES string of the molecule is O=Cc1ccccc1Oc1ncncn1. The van der Waals surface area contributed by atoms with Gasteiger partial charge in [-0.05, 0) is 12.1 Å². The van der Waals surface area contributed by atoms with Gasteiger partial charge in [0.1, 0.15) is 18.4 Å². The van der Waals surface area contributed by atoms with E-state index < -0.39 is 0 Å². The average Bonchev–Trinajstić information content (AvgIpc) is 2.31. The maximum atomic E-state index is 10.7. The topological polar surface area (TPSA) is 65.0 Å². The van der Waals surface area contributed by atoms with Gasteiger partial charge in [0, 0.05) is 0 Å². The van der Waals surface area contributed by atoms with E-state index in [2.05, 4.69) is 15.0 Å². The van der Waals surface area contributed by atoms with Crippen LogP contribution in [0.4, 0.5) is 0 Å². The zero-order valence-electron chi connectivity index (χ0n) is 7.70. The largest absolute Gasteiger partial charge is 0.423 e. The Morgan fingerprint density at radius 2 is 1.87 bits per heavy atom. The average molecular weight is 201 g/mol. The first-order valence-electron chi connectivity index (χ1n) is 4.24. The number of hydrogen-bond donors (Lipinski definition) is 0. The first kappa shape index (κ1) is 9.26. The molecule has 1 aromatic carbocycles. The normalized spacial score (nSPS) is 9.60. The second-order valence-corrected chi connectivity index (χ2v) is 2.68. The number of nitrogens with zero attached hydrogens (tertiary/aromatic N) is 3. The molecule has 0 bridgehead atoms. The standard InChI is InChI=1S/C10H7N3O2/c14-5-8-3-1-2-4-9(8)15-10-12-6-11-7-13-10/h1-7H. The summed E-state index contributed by atoms with van der Waals surface area (Å²) in [5, 5.41) is 0. The molecule has 0 amide bonds. The molecule has 74 valence electrons. The van der Waals surface area contributed by atoms with E-state index in [1.807, 2.05) is 0 Å². The molecule has 0 spiro atoms. The Morgan fingerprint density at radius 1 is 1.13 bits per heavy atom. The molecule has 0 fully saturated rings. The number of benzene rings is 1. The van der Waals surface area contributed by atoms with Crippen molar-refractivity contribution in [2.75, 3.05) is 0 Å². The Hall–Kier alpha value is -2.30. The van der Waals surface area contributed by atoms with Crippen molar-refractivity contribution in [3.8, 4) is 11.8 Å². The summed E-state index contributed by atoms with van der Waals surface area (Å²) in [6.07, 6.45) is 3.37. The van der Waals surface area contributed by atoms with Gasteiger partial charge in [0.25, 0.3) is 0 Å². The summed E-state index contributed by atoms with van der Waals surface area (Å²) < 4.78 is 5.31. The molecule has 1 heterocycles. The summed E-state index contributed by atoms with van der Waals surface area (Å²) in [6.45, 7) is 0. The molecule has 15 heavy (non-hydrogen) atoms. The Morgan fingerprint density at radius 3 is 2.60 bits per heavy atom. The molecule has 5 heteroatoms. The van der Waals surface area contributed by atoms with Crippen molar-refractivity contribution < 1.29 is 9.53 Å². The van der Waals surface area contributed by atoms with Gasteiger partial charge in [-0.15, -0.1) is 0 Å². The van der Waals surface area contributed by atoms with E-state index in [-0.39, 0.29) is 6.01 Å². The molecular formula is C10H7N3O2. The molecule has 1 aromatic heterocycles. The Kier molecular flexibility index (Phi) is 2.64. The molecule has 0 aliphatic rings. The number of aldehydes is 1. The summed E-state index contributed by atoms with van der Waals surface area (Å²) >= 11 is 0. The van der Waals surface area contributed by atoms with Crippen molar-refractivity contribution >= 4 is 6.29 Å². The third kappa shape index (κ3) is 2.14. The smallest absolute Gasteiger partial charge is 0.324 e. The van der Waals surface area contributed by atoms with Crippen LogP contribution in [0.15, 0.2) is 36.9 Å². The zero-order chi connectivity index (χ0) is 10.5. The van der Waals surface area contributed by atoms with Crippen LogP contribution in [-0.2, 0) is 0 Å². The minimum Gasteiger partial charge on any atom is -0.423 e. The molecule has 0 N–H and O–H groups in total. The number of hydrogen-bond acceptors (Lipinski definition) is 5. The quantitative estimate of drug-likeness (QED) is 0.703. The minimum atomic E-state index is 0.166. The first-order valence-corrected chi connectivity index (χ1v) is 4.24. The van der Waals surface area contributed by atoms with Crippen molar-refractivity contribution in [1.82, 2.24) is 15.0 Å². The second kappa shape index (κ2) is 4.28. The fourth-order valence-corrected chi connectivity index (χ4v) is 1.05. The monoisotopic (exact) mass is 201 g/mol. The molecular weight excluding hydrogens is 194 g/mol. The number of aromatic nitrogens is 3. The Bertz CT molecular complexity index is 459. The van der Waals surface area contributed by atoms with Gasteiger partial charge in [0.15, 0.2) is 6.29 Å². The lowest BCUT2D eigenvalue weighted by atomic mass is 10.2. The van der Waals surface area contributed by atoms with E-state index in [9.17, 15) is 4.79 Å². The van der Waals surface area contributed by atoms with Gasteiger partial charge in [0.05, 0.1) is 5.56 Å². The highest BCUT2D eigenvalue weighted by Crippen LogP contribution is 2.20. The molecule has 2 aromatic rings. The van der Waals surface area contributed by atoms with Crippen molar-refractivity contribution in [3.05, 3.63) is 42.5 Å². The summed E-state index contributed by atoms with van der Waals surface area (Å²) in [7, 11) is 0. The molecule has 0 saturated heterocycles. The summed E-state index contributed by atoms with van der Waals surface area (Å²) in [6, 6.07) is 7.02. The van der Waals surface area contributed by atoms with Gasteiger partial charge >= 0.3 is 6.01 Å². The Balaban J connectivity index is 2.28. The van der Waals surface area contributed by atoms with Crippen LogP contribution in [-0.4, -0.2) is 21.2 Å². The lowest BCUT2D eigenvalue weighted by Gasteiger charge is -2.04. The third-order valence-electron chi connectivity index (χ3n) is 1.72. The molecule has 0 aliphatic carbocycles. The van der Waals surface area contributed by atoms with E-state index >= 15 is 0 Å². The number of rotatable bonds is 3. The predicted molar refractivity (Wildman–Crippen MR) is 51.7 cm³/mol. The van der Waals surface area contributed by atoms with Crippen LogP contribution in [0, 0.1) is 0 Å². The molecule has 0 saturated carbocycles. The van der Waals surface area contributed by atoms with Gasteiger partial charge in [-0.3, -0.25) is 4.79 Å². The Labute approximate surface area is 85.8 Å². The highest BCUT2D eigenvalue weighted by molar-refractivity contribution is 5.79. The van der Waals surface area contributed by atoms with Gasteiger partial charge in [0.2, 0.25) is 0 Å². The van der Waals surface area contributed by atoms with Crippen LogP contribution < -0.4 is 4.74 Å². The fourth-order valence-electron chi connectivity index (χ4n) is 1.05. The molecule has 0 aliphatic heterocycles. The van der Waals surface area contributed by atoms with E-state index in [1.165, 1.54) is 12.7 Å². The van der Waals surface area contributed by atoms with Crippen molar-refractivity contribution in [3.63, 3.8) is 0 Å². The van der Waals surface area contributed by atoms with Crippen LogP contribution in [0.2, 0.25) is 0 Å². The van der Waals surface area contributed by atoms with Crippen LogP contribution in [0.25, 0.3) is 0 Å². The maximum absolute atomic E-state index is 10.7. The second-order valence-electron chi connectivity index (χ2n) is 2.68. The summed E-state index contributed by atoms with van der Waals surface area (Å²) in [5.74, 6) is 0.429. The van der Waals surface area contributed by atoms with E-state index in [0.717, 1.165) is 6.29 Å². The van der Waals surface area contributed by atoms with Gasteiger partial charge in [-0.25, -0.2) is 4.98 Å². The number of carbonyl (C=O) groups is 1. The van der Waals surface area contributed by atoms with Crippen molar-refractivity contribution in [2.24, 2.45) is 0 Å². The number of para-hydroxylation sites is 1. The number of ether oxygens (including phenoxy) is 1. The maximum Gasteiger partial charge on any atom is 0.324 e. The van der Waals surface area contributed by atoms with Gasteiger partial charge in [-0.2, -0.15) is 9.97 Å². The van der Waals surface area contributed by atoms with Crippen LogP contribution in [0.5, 0.6) is 11.8 Å². The number of carbonyl (C=O) groups excluding carboxylic acids is 1. The van der Waals surface area contributed by atoms with Gasteiger partial charge < -0.3 is 4.74 Å². The fraction of sp³-hybridized carbons (Fsp3) is 0. The zero-order valence-corrected chi connectivity index (χ0v) is 7.70. The summed E-state index contributed by atoms with van der Waals surface area (Å²) in [5.41, 5.74) is 0.456. The van der Waals surface area contributed by atoms with E-state index in [0.29, 0.717) is 11.3 Å². The van der Waals surface area contributed by atoms with Crippen molar-refractivity contribution in [1.29, 1.82) is 0 Å². The molecule has 2 rings (SSSR count). The predicted octanol–water partition coefficient (Wildman–Crippen LogP) is 1.48. The van der Waals surface area contributed by atoms with Crippen LogP contribution in [0.1, 0.15) is 10.4 Å². The molecule has 0 atom stereocenters. The minimum absolute atomic E-state index is 0.166. The highest BCUT2D eigenvalue weighted by Gasteiger charge is 2.03. The summed E-state index contributed by atoms with van der Waals surface area (Å²) in [4.78, 5) is 21.9. The molecule has 0 radical (unpaired) electrons. The molecule has 0 unspecified atom stereocenters. The van der Waals surface area contributed by atoms with Gasteiger partial charge in [-0.1, -0.05) is 12.1 Å². The lowest BCUT2D eigenvalue weighted by Crippen LogP contribution is -1.94. The lowest BCUT2D eigenvalue weighted by molar-refractivity contribution is 0.112. The van der Waals surface area contributed by atoms with E-state index in [4.69, 9.17) is 4.74 Å². The highest BCUT2D eigenvalue weighted by atomic mass is 16.5. The third-order valence-corrected chi connectivity index (χ3v) is 1.72. The van der Waals surface area contributed by atoms with Crippen LogP contribution in [0.3, 0.4) is 0 Å². The van der Waals surface area contributed by atoms with E-state index in [1.54, 1.807) is 24.3 Å². The van der Waals surface area contributed by atoms with Crippen molar-refractivity contribution in [2.45, 2.75) is 0 Å².